The smallest absolute Gasteiger partial charge is 0.166 e. The SMILES string of the molecule is CNCC1CC(=CN)C(=NCC(C)C)c2cnc(N)c(c2)O[C@H](C)C2=CC(F)CC=C2C1=N. The highest BCUT2D eigenvalue weighted by molar-refractivity contribution is 6.13. The van der Waals surface area contributed by atoms with Crippen molar-refractivity contribution in [1.82, 2.24) is 10.3 Å². The van der Waals surface area contributed by atoms with E-state index in [1.807, 2.05) is 20.0 Å². The lowest BCUT2D eigenvalue weighted by Crippen LogP contribution is -2.33. The molecule has 3 rings (SSSR count). The van der Waals surface area contributed by atoms with Gasteiger partial charge >= 0.3 is 0 Å². The Hall–Kier alpha value is -3.00. The van der Waals surface area contributed by atoms with Crippen LogP contribution in [0.2, 0.25) is 0 Å². The summed E-state index contributed by atoms with van der Waals surface area (Å²) in [5.74, 6) is 0.808. The molecule has 1 aromatic heterocycles. The Kier molecular flexibility index (Phi) is 8.02. The van der Waals surface area contributed by atoms with Crippen molar-refractivity contribution in [3.63, 3.8) is 0 Å². The third-order valence-electron chi connectivity index (χ3n) is 5.85. The summed E-state index contributed by atoms with van der Waals surface area (Å²) in [4.78, 5) is 9.20. The maximum absolute atomic E-state index is 14.3. The maximum Gasteiger partial charge on any atom is 0.166 e. The number of aromatic nitrogens is 1. The van der Waals surface area contributed by atoms with Crippen LogP contribution in [0, 0.1) is 17.2 Å². The van der Waals surface area contributed by atoms with Gasteiger partial charge in [0.05, 0.1) is 5.71 Å². The number of pyridine rings is 1. The molecular weight excluding hydrogens is 419 g/mol. The van der Waals surface area contributed by atoms with Crippen LogP contribution in [0.15, 0.2) is 52.3 Å². The van der Waals surface area contributed by atoms with Crippen LogP contribution in [0.3, 0.4) is 0 Å². The van der Waals surface area contributed by atoms with Gasteiger partial charge in [0.2, 0.25) is 0 Å². The molecule has 0 amide bonds. The second-order valence-electron chi connectivity index (χ2n) is 9.01. The number of halogens is 1. The zero-order valence-corrected chi connectivity index (χ0v) is 19.9. The van der Waals surface area contributed by atoms with E-state index < -0.39 is 12.3 Å². The topological polar surface area (TPSA) is 122 Å². The molecule has 2 unspecified atom stereocenters. The van der Waals surface area contributed by atoms with E-state index in [2.05, 4.69) is 24.1 Å². The largest absolute Gasteiger partial charge is 0.482 e. The first kappa shape index (κ1) is 24.6. The van der Waals surface area contributed by atoms with Gasteiger partial charge in [-0.1, -0.05) is 19.9 Å². The van der Waals surface area contributed by atoms with Crippen molar-refractivity contribution in [2.45, 2.75) is 45.9 Å². The maximum atomic E-state index is 14.3. The van der Waals surface area contributed by atoms with Gasteiger partial charge in [-0.3, -0.25) is 4.99 Å². The number of ether oxygens (including phenoxy) is 1. The molecule has 0 saturated carbocycles. The first-order valence-corrected chi connectivity index (χ1v) is 11.4. The van der Waals surface area contributed by atoms with Crippen LogP contribution in [0.4, 0.5) is 10.2 Å². The molecule has 0 spiro atoms. The molecule has 1 aliphatic carbocycles. The van der Waals surface area contributed by atoms with Gasteiger partial charge in [0.25, 0.3) is 0 Å². The van der Waals surface area contributed by atoms with E-state index in [0.717, 1.165) is 16.8 Å². The lowest BCUT2D eigenvalue weighted by molar-refractivity contribution is 0.257. The number of nitrogens with zero attached hydrogens (tertiary/aromatic N) is 2. The number of nitrogens with two attached hydrogens (primary N) is 2. The van der Waals surface area contributed by atoms with Gasteiger partial charge in [-0.25, -0.2) is 9.37 Å². The minimum Gasteiger partial charge on any atom is -0.482 e. The lowest BCUT2D eigenvalue weighted by Gasteiger charge is -2.29. The monoisotopic (exact) mass is 454 g/mol. The van der Waals surface area contributed by atoms with Gasteiger partial charge in [-0.2, -0.15) is 0 Å². The molecule has 8 heteroatoms. The zero-order valence-electron chi connectivity index (χ0n) is 19.9. The van der Waals surface area contributed by atoms with Crippen molar-refractivity contribution in [3.8, 4) is 5.75 Å². The molecule has 7 nitrogen and oxygen atoms in total. The molecule has 6 N–H and O–H groups in total. The molecule has 0 saturated heterocycles. The molecule has 0 radical (unpaired) electrons. The highest BCUT2D eigenvalue weighted by atomic mass is 19.1. The van der Waals surface area contributed by atoms with Crippen LogP contribution in [-0.4, -0.2) is 48.8 Å². The number of allylic oxidation sites excluding steroid dienone is 3. The summed E-state index contributed by atoms with van der Waals surface area (Å²) in [7, 11) is 1.86. The highest BCUT2D eigenvalue weighted by Crippen LogP contribution is 2.33. The van der Waals surface area contributed by atoms with Crippen molar-refractivity contribution in [3.05, 3.63) is 52.9 Å². The van der Waals surface area contributed by atoms with Crippen LogP contribution in [0.25, 0.3) is 0 Å². The minimum atomic E-state index is -1.12. The number of nitrogens with one attached hydrogen (secondary N) is 2. The second kappa shape index (κ2) is 10.7. The molecule has 1 aromatic rings. The van der Waals surface area contributed by atoms with E-state index in [-0.39, 0.29) is 18.2 Å². The molecular formula is C25H35FN6O. The Morgan fingerprint density at radius 3 is 2.85 bits per heavy atom. The van der Waals surface area contributed by atoms with E-state index in [0.29, 0.717) is 48.0 Å². The predicted octanol–water partition coefficient (Wildman–Crippen LogP) is 3.57. The summed E-state index contributed by atoms with van der Waals surface area (Å²) in [6.45, 7) is 7.23. The minimum absolute atomic E-state index is 0.187. The number of anilines is 1. The summed E-state index contributed by atoms with van der Waals surface area (Å²) in [5, 5.41) is 12.2. The van der Waals surface area contributed by atoms with Crippen molar-refractivity contribution in [2.75, 3.05) is 25.9 Å². The molecule has 0 aromatic carbocycles. The van der Waals surface area contributed by atoms with Gasteiger partial charge in [-0.05, 0) is 61.4 Å². The molecule has 33 heavy (non-hydrogen) atoms. The van der Waals surface area contributed by atoms with E-state index in [9.17, 15) is 4.39 Å². The Balaban J connectivity index is 2.20. The van der Waals surface area contributed by atoms with Crippen LogP contribution >= 0.6 is 0 Å². The van der Waals surface area contributed by atoms with Crippen molar-refractivity contribution < 1.29 is 9.13 Å². The van der Waals surface area contributed by atoms with Gasteiger partial charge in [0.1, 0.15) is 12.3 Å². The van der Waals surface area contributed by atoms with Crippen molar-refractivity contribution in [1.29, 1.82) is 5.41 Å². The summed E-state index contributed by atoms with van der Waals surface area (Å²) in [6, 6.07) is 1.82. The Morgan fingerprint density at radius 2 is 2.18 bits per heavy atom. The zero-order chi connectivity index (χ0) is 24.1. The average molecular weight is 455 g/mol. The highest BCUT2D eigenvalue weighted by Gasteiger charge is 2.30. The number of aliphatic imine (C=N–C) groups is 1. The number of rotatable bonds is 4. The molecule has 0 fully saturated rings. The van der Waals surface area contributed by atoms with Crippen molar-refractivity contribution >= 4 is 17.2 Å². The molecule has 1 aliphatic heterocycles. The molecule has 2 aliphatic rings. The predicted molar refractivity (Wildman–Crippen MR) is 133 cm³/mol. The van der Waals surface area contributed by atoms with Crippen LogP contribution < -0.4 is 21.5 Å². The van der Waals surface area contributed by atoms with Crippen LogP contribution in [-0.2, 0) is 0 Å². The standard InChI is InChI=1S/C25H35FN6O/c1-14(2)11-31-24-16(10-27)7-17(12-30-4)23(28)20-6-5-19(26)9-21(20)15(3)33-22-8-18(24)13-32-25(22)29/h6,8-10,13-15,17,19,28,30H,5,7,11-12,27H2,1-4H3,(H2,29,32)/t15-,17?,19?/m1/s1. The first-order valence-electron chi connectivity index (χ1n) is 11.4. The van der Waals surface area contributed by atoms with Crippen molar-refractivity contribution in [2.24, 2.45) is 22.6 Å². The lowest BCUT2D eigenvalue weighted by atomic mass is 9.81. The number of hydrogen-bond donors (Lipinski definition) is 4. The van der Waals surface area contributed by atoms with Gasteiger partial charge in [-0.15, -0.1) is 0 Å². The van der Waals surface area contributed by atoms with Gasteiger partial charge in [0.15, 0.2) is 11.6 Å². The number of fused-ring (bicyclic) bond motifs is 3. The first-order chi connectivity index (χ1) is 15.7. The van der Waals surface area contributed by atoms with E-state index in [4.69, 9.17) is 26.6 Å². The van der Waals surface area contributed by atoms with E-state index in [1.54, 1.807) is 24.5 Å². The number of hydrogen-bond acceptors (Lipinski definition) is 7. The summed E-state index contributed by atoms with van der Waals surface area (Å²) < 4.78 is 20.5. The van der Waals surface area contributed by atoms with E-state index >= 15 is 0 Å². The molecule has 2 heterocycles. The van der Waals surface area contributed by atoms with E-state index in [1.165, 1.54) is 0 Å². The number of nitrogen functional groups attached to an aromatic ring is 1. The Bertz CT molecular complexity index is 1010. The quantitative estimate of drug-likeness (QED) is 0.554. The summed E-state index contributed by atoms with van der Waals surface area (Å²) in [5.41, 5.74) is 16.3. The van der Waals surface area contributed by atoms with Crippen LogP contribution in [0.1, 0.15) is 39.2 Å². The number of alkyl halides is 1. The average Bonchev–Trinajstić information content (AvgIpc) is 2.78. The Morgan fingerprint density at radius 1 is 1.42 bits per heavy atom. The molecule has 2 bridgehead atoms. The second-order valence-corrected chi connectivity index (χ2v) is 9.01. The van der Waals surface area contributed by atoms with Gasteiger partial charge < -0.3 is 26.9 Å². The molecule has 3 atom stereocenters. The third kappa shape index (κ3) is 5.68. The fourth-order valence-corrected chi connectivity index (χ4v) is 4.16. The fraction of sp³-hybridized carbons (Fsp3) is 0.480. The normalized spacial score (nSPS) is 26.2. The summed E-state index contributed by atoms with van der Waals surface area (Å²) in [6.07, 6.45) is 5.70. The fourth-order valence-electron chi connectivity index (χ4n) is 4.16. The Labute approximate surface area is 195 Å². The van der Waals surface area contributed by atoms with Gasteiger partial charge in [0, 0.05) is 42.9 Å². The molecule has 178 valence electrons. The summed E-state index contributed by atoms with van der Waals surface area (Å²) >= 11 is 0. The third-order valence-corrected chi connectivity index (χ3v) is 5.85. The van der Waals surface area contributed by atoms with Crippen LogP contribution in [0.5, 0.6) is 5.75 Å².